The standard InChI is InChI=1S/C34H38ClN5O3/c1-34(2,3)43-33(42)40-17-7-10-28(40)29(24-11-13-25(35)14-12-24)32(41)39-20-18-38(19-21-39)30-26-15-16-36-31(26)37-22-27(30)23-8-5-4-6-9-23/h4-6,8-9,11-16,22,28-29H,7,10,17-21H2,1-3H3,(H,36,37)/t28-,29-/m0/s1. The molecule has 2 aliphatic heterocycles. The van der Waals surface area contributed by atoms with Crippen LogP contribution < -0.4 is 4.90 Å². The van der Waals surface area contributed by atoms with Crippen molar-refractivity contribution in [2.75, 3.05) is 37.6 Å². The molecule has 2 aromatic heterocycles. The largest absolute Gasteiger partial charge is 0.444 e. The number of aromatic nitrogens is 2. The van der Waals surface area contributed by atoms with Gasteiger partial charge in [-0.25, -0.2) is 9.78 Å². The second kappa shape index (κ2) is 11.9. The average Bonchev–Trinajstić information content (AvgIpc) is 3.68. The highest BCUT2D eigenvalue weighted by Crippen LogP contribution is 2.38. The number of hydrogen-bond donors (Lipinski definition) is 1. The molecular weight excluding hydrogens is 562 g/mol. The van der Waals surface area contributed by atoms with Gasteiger partial charge in [0, 0.05) is 61.1 Å². The van der Waals surface area contributed by atoms with E-state index < -0.39 is 11.5 Å². The smallest absolute Gasteiger partial charge is 0.410 e. The van der Waals surface area contributed by atoms with Crippen LogP contribution >= 0.6 is 11.6 Å². The molecule has 4 heterocycles. The minimum absolute atomic E-state index is 0.0345. The first kappa shape index (κ1) is 29.1. The lowest BCUT2D eigenvalue weighted by Gasteiger charge is -2.40. The number of likely N-dealkylation sites (tertiary alicyclic amines) is 1. The van der Waals surface area contributed by atoms with Gasteiger partial charge in [0.05, 0.1) is 17.6 Å². The SMILES string of the molecule is CC(C)(C)OC(=O)N1CCC[C@H]1[C@@H](C(=O)N1CCN(c2c(-c3ccccc3)cnc3[nH]ccc23)CC1)c1ccc(Cl)cc1. The van der Waals surface area contributed by atoms with Crippen LogP contribution in [0.4, 0.5) is 10.5 Å². The number of aromatic amines is 1. The quantitative estimate of drug-likeness (QED) is 0.276. The van der Waals surface area contributed by atoms with E-state index in [9.17, 15) is 9.59 Å². The Labute approximate surface area is 257 Å². The molecule has 4 aromatic rings. The van der Waals surface area contributed by atoms with E-state index >= 15 is 0 Å². The summed E-state index contributed by atoms with van der Waals surface area (Å²) in [6, 6.07) is 19.6. The third kappa shape index (κ3) is 6.07. The van der Waals surface area contributed by atoms with E-state index in [4.69, 9.17) is 16.3 Å². The van der Waals surface area contributed by atoms with E-state index in [1.807, 2.05) is 80.5 Å². The number of nitrogens with one attached hydrogen (secondary N) is 1. The van der Waals surface area contributed by atoms with Crippen molar-refractivity contribution in [3.05, 3.63) is 83.6 Å². The highest BCUT2D eigenvalue weighted by molar-refractivity contribution is 6.30. The molecule has 2 aromatic carbocycles. The predicted molar refractivity (Wildman–Crippen MR) is 170 cm³/mol. The summed E-state index contributed by atoms with van der Waals surface area (Å²) in [7, 11) is 0. The van der Waals surface area contributed by atoms with Crippen LogP contribution in [0.3, 0.4) is 0 Å². The summed E-state index contributed by atoms with van der Waals surface area (Å²) in [5, 5.41) is 1.68. The highest BCUT2D eigenvalue weighted by Gasteiger charge is 2.43. The minimum Gasteiger partial charge on any atom is -0.444 e. The van der Waals surface area contributed by atoms with Gasteiger partial charge in [-0.1, -0.05) is 54.1 Å². The van der Waals surface area contributed by atoms with Crippen molar-refractivity contribution in [1.82, 2.24) is 19.8 Å². The molecule has 2 atom stereocenters. The fourth-order valence-electron chi connectivity index (χ4n) is 6.40. The molecule has 9 heteroatoms. The predicted octanol–water partition coefficient (Wildman–Crippen LogP) is 6.72. The first-order valence-electron chi connectivity index (χ1n) is 15.0. The number of nitrogens with zero attached hydrogens (tertiary/aromatic N) is 4. The van der Waals surface area contributed by atoms with E-state index in [1.165, 1.54) is 0 Å². The van der Waals surface area contributed by atoms with Gasteiger partial charge in [0.25, 0.3) is 0 Å². The average molecular weight is 600 g/mol. The van der Waals surface area contributed by atoms with Crippen molar-refractivity contribution in [3.8, 4) is 11.1 Å². The number of ether oxygens (including phenoxy) is 1. The molecule has 0 radical (unpaired) electrons. The molecule has 8 nitrogen and oxygen atoms in total. The summed E-state index contributed by atoms with van der Waals surface area (Å²) < 4.78 is 5.75. The van der Waals surface area contributed by atoms with Gasteiger partial charge in [-0.2, -0.15) is 0 Å². The molecule has 0 aliphatic carbocycles. The first-order chi connectivity index (χ1) is 20.7. The zero-order valence-corrected chi connectivity index (χ0v) is 25.7. The third-order valence-electron chi connectivity index (χ3n) is 8.36. The Morgan fingerprint density at radius 3 is 2.40 bits per heavy atom. The summed E-state index contributed by atoms with van der Waals surface area (Å²) in [6.45, 7) is 8.68. The Hall–Kier alpha value is -4.04. The topological polar surface area (TPSA) is 81.8 Å². The molecule has 2 amide bonds. The zero-order valence-electron chi connectivity index (χ0n) is 24.9. The number of piperazine rings is 1. The van der Waals surface area contributed by atoms with E-state index in [1.54, 1.807) is 4.90 Å². The molecule has 2 saturated heterocycles. The lowest BCUT2D eigenvalue weighted by molar-refractivity contribution is -0.134. The van der Waals surface area contributed by atoms with Crippen LogP contribution in [-0.4, -0.2) is 76.1 Å². The minimum atomic E-state index is -0.614. The number of fused-ring (bicyclic) bond motifs is 1. The Balaban J connectivity index is 1.26. The van der Waals surface area contributed by atoms with Crippen LogP contribution in [0.15, 0.2) is 73.1 Å². The Morgan fingerprint density at radius 2 is 1.70 bits per heavy atom. The summed E-state index contributed by atoms with van der Waals surface area (Å²) in [4.78, 5) is 41.6. The monoisotopic (exact) mass is 599 g/mol. The van der Waals surface area contributed by atoms with Crippen LogP contribution in [0.1, 0.15) is 45.1 Å². The molecule has 43 heavy (non-hydrogen) atoms. The van der Waals surface area contributed by atoms with Crippen molar-refractivity contribution >= 4 is 40.3 Å². The van der Waals surface area contributed by atoms with Crippen molar-refractivity contribution in [1.29, 1.82) is 0 Å². The van der Waals surface area contributed by atoms with Crippen LogP contribution in [0.2, 0.25) is 5.02 Å². The number of hydrogen-bond acceptors (Lipinski definition) is 5. The number of carbonyl (C=O) groups excluding carboxylic acids is 2. The number of benzene rings is 2. The van der Waals surface area contributed by atoms with Gasteiger partial charge in [-0.05, 0) is 62.9 Å². The van der Waals surface area contributed by atoms with Gasteiger partial charge in [-0.15, -0.1) is 0 Å². The maximum atomic E-state index is 14.4. The fourth-order valence-corrected chi connectivity index (χ4v) is 6.52. The van der Waals surface area contributed by atoms with E-state index in [2.05, 4.69) is 33.1 Å². The molecule has 0 saturated carbocycles. The molecule has 1 N–H and O–H groups in total. The molecule has 0 unspecified atom stereocenters. The highest BCUT2D eigenvalue weighted by atomic mass is 35.5. The normalized spacial score (nSPS) is 18.2. The number of anilines is 1. The van der Waals surface area contributed by atoms with Crippen LogP contribution in [-0.2, 0) is 9.53 Å². The van der Waals surface area contributed by atoms with Crippen molar-refractivity contribution in [3.63, 3.8) is 0 Å². The maximum absolute atomic E-state index is 14.4. The number of carbonyl (C=O) groups is 2. The van der Waals surface area contributed by atoms with Crippen LogP contribution in [0.5, 0.6) is 0 Å². The number of halogens is 1. The van der Waals surface area contributed by atoms with Crippen molar-refractivity contribution in [2.24, 2.45) is 0 Å². The molecule has 2 aliphatic rings. The van der Waals surface area contributed by atoms with Gasteiger partial charge >= 0.3 is 6.09 Å². The molecule has 0 spiro atoms. The molecule has 224 valence electrons. The Bertz CT molecular complexity index is 1590. The first-order valence-corrected chi connectivity index (χ1v) is 15.4. The van der Waals surface area contributed by atoms with E-state index in [0.717, 1.165) is 46.3 Å². The van der Waals surface area contributed by atoms with E-state index in [0.29, 0.717) is 37.7 Å². The third-order valence-corrected chi connectivity index (χ3v) is 8.61. The molecule has 6 rings (SSSR count). The van der Waals surface area contributed by atoms with Crippen molar-refractivity contribution < 1.29 is 14.3 Å². The van der Waals surface area contributed by atoms with Gasteiger partial charge in [-0.3, -0.25) is 4.79 Å². The fraction of sp³-hybridized carbons (Fsp3) is 0.382. The number of pyridine rings is 1. The number of rotatable bonds is 5. The van der Waals surface area contributed by atoms with Crippen LogP contribution in [0.25, 0.3) is 22.2 Å². The van der Waals surface area contributed by atoms with Gasteiger partial charge < -0.3 is 24.4 Å². The summed E-state index contributed by atoms with van der Waals surface area (Å²) in [6.07, 6.45) is 5.05. The van der Waals surface area contributed by atoms with E-state index in [-0.39, 0.29) is 18.0 Å². The summed E-state index contributed by atoms with van der Waals surface area (Å²) in [5.41, 5.74) is 4.41. The van der Waals surface area contributed by atoms with Crippen molar-refractivity contribution in [2.45, 2.75) is 51.2 Å². The molecular formula is C34H38ClN5O3. The zero-order chi connectivity index (χ0) is 30.1. The maximum Gasteiger partial charge on any atom is 0.410 e. The van der Waals surface area contributed by atoms with Gasteiger partial charge in [0.2, 0.25) is 5.91 Å². The Morgan fingerprint density at radius 1 is 0.977 bits per heavy atom. The lowest BCUT2D eigenvalue weighted by Crippen LogP contribution is -2.53. The number of amides is 2. The summed E-state index contributed by atoms with van der Waals surface area (Å²) in [5.74, 6) is -0.469. The molecule has 0 bridgehead atoms. The second-order valence-corrected chi connectivity index (χ2v) is 12.8. The Kier molecular flexibility index (Phi) is 8.05. The second-order valence-electron chi connectivity index (χ2n) is 12.4. The lowest BCUT2D eigenvalue weighted by atomic mass is 9.88. The number of H-pyrrole nitrogens is 1. The van der Waals surface area contributed by atoms with Gasteiger partial charge in [0.15, 0.2) is 0 Å². The summed E-state index contributed by atoms with van der Waals surface area (Å²) >= 11 is 6.23. The van der Waals surface area contributed by atoms with Crippen LogP contribution in [0, 0.1) is 0 Å². The molecule has 2 fully saturated rings. The van der Waals surface area contributed by atoms with Gasteiger partial charge in [0.1, 0.15) is 11.2 Å².